The first-order valence-electron chi connectivity index (χ1n) is 5.68. The molecule has 5 nitrogen and oxygen atoms in total. The van der Waals surface area contributed by atoms with Crippen molar-refractivity contribution >= 4 is 38.7 Å². The first-order valence-corrected chi connectivity index (χ1v) is 8.80. The molecule has 0 saturated heterocycles. The summed E-state index contributed by atoms with van der Waals surface area (Å²) in [6, 6.07) is 4.54. The Balaban J connectivity index is 2.12. The van der Waals surface area contributed by atoms with Crippen LogP contribution < -0.4 is 4.72 Å². The number of carbonyl (C=O) groups is 1. The van der Waals surface area contributed by atoms with Crippen molar-refractivity contribution in [2.24, 2.45) is 0 Å². The van der Waals surface area contributed by atoms with E-state index in [9.17, 15) is 13.2 Å². The minimum Gasteiger partial charge on any atom is -0.477 e. The van der Waals surface area contributed by atoms with Crippen LogP contribution in [-0.2, 0) is 16.6 Å². The molecule has 8 heteroatoms. The highest BCUT2D eigenvalue weighted by Gasteiger charge is 2.19. The van der Waals surface area contributed by atoms with E-state index >= 15 is 0 Å². The van der Waals surface area contributed by atoms with Gasteiger partial charge in [-0.25, -0.2) is 17.9 Å². The quantitative estimate of drug-likeness (QED) is 0.882. The standard InChI is InChI=1S/C12H13NO4S3/c1-7-5-9(18-8(7)2)6-13-20(16,17)11-4-3-10(19-11)12(14)15/h3-5,13H,6H2,1-2H3,(H,14,15). The molecule has 0 bridgehead atoms. The molecule has 0 fully saturated rings. The van der Waals surface area contributed by atoms with Gasteiger partial charge in [0.05, 0.1) is 0 Å². The molecule has 0 aliphatic rings. The molecule has 0 spiro atoms. The zero-order chi connectivity index (χ0) is 14.9. The number of aryl methyl sites for hydroxylation is 2. The summed E-state index contributed by atoms with van der Waals surface area (Å²) in [5.74, 6) is -1.12. The van der Waals surface area contributed by atoms with Gasteiger partial charge >= 0.3 is 5.97 Å². The van der Waals surface area contributed by atoms with Crippen LogP contribution in [0.3, 0.4) is 0 Å². The first kappa shape index (κ1) is 15.2. The Morgan fingerprint density at radius 3 is 2.50 bits per heavy atom. The Labute approximate surface area is 124 Å². The first-order chi connectivity index (χ1) is 9.29. The molecule has 2 N–H and O–H groups in total. The zero-order valence-corrected chi connectivity index (χ0v) is 13.3. The van der Waals surface area contributed by atoms with Crippen LogP contribution in [0.25, 0.3) is 0 Å². The smallest absolute Gasteiger partial charge is 0.345 e. The highest BCUT2D eigenvalue weighted by Crippen LogP contribution is 2.23. The van der Waals surface area contributed by atoms with Crippen LogP contribution in [0.5, 0.6) is 0 Å². The number of carboxylic acids is 1. The Kier molecular flexibility index (Phi) is 4.28. The molecule has 0 aliphatic heterocycles. The second kappa shape index (κ2) is 5.65. The summed E-state index contributed by atoms with van der Waals surface area (Å²) < 4.78 is 26.6. The molecule has 0 aliphatic carbocycles. The van der Waals surface area contributed by atoms with Crippen LogP contribution in [0, 0.1) is 13.8 Å². The van der Waals surface area contributed by atoms with Crippen molar-refractivity contribution in [1.82, 2.24) is 4.72 Å². The maximum Gasteiger partial charge on any atom is 0.345 e. The van der Waals surface area contributed by atoms with Crippen LogP contribution in [0.2, 0.25) is 0 Å². The molecule has 2 aromatic rings. The largest absolute Gasteiger partial charge is 0.477 e. The number of hydrogen-bond acceptors (Lipinski definition) is 5. The highest BCUT2D eigenvalue weighted by atomic mass is 32.2. The Morgan fingerprint density at radius 1 is 1.30 bits per heavy atom. The van der Waals surface area contributed by atoms with Gasteiger partial charge in [0.2, 0.25) is 10.0 Å². The minimum absolute atomic E-state index is 0.00758. The van der Waals surface area contributed by atoms with Crippen molar-refractivity contribution < 1.29 is 18.3 Å². The number of hydrogen-bond donors (Lipinski definition) is 2. The lowest BCUT2D eigenvalue weighted by Crippen LogP contribution is -2.21. The maximum absolute atomic E-state index is 12.0. The molecule has 2 heterocycles. The van der Waals surface area contributed by atoms with Gasteiger partial charge in [-0.05, 0) is 37.6 Å². The molecule has 108 valence electrons. The topological polar surface area (TPSA) is 83.5 Å². The molecule has 0 saturated carbocycles. The lowest BCUT2D eigenvalue weighted by molar-refractivity contribution is 0.0702. The van der Waals surface area contributed by atoms with E-state index in [1.807, 2.05) is 19.9 Å². The molecule has 0 amide bonds. The van der Waals surface area contributed by atoms with Crippen molar-refractivity contribution in [3.8, 4) is 0 Å². The Bertz CT molecular complexity index is 723. The fourth-order valence-electron chi connectivity index (χ4n) is 1.55. The number of rotatable bonds is 5. The number of aromatic carboxylic acids is 1. The van der Waals surface area contributed by atoms with Crippen LogP contribution in [-0.4, -0.2) is 19.5 Å². The summed E-state index contributed by atoms with van der Waals surface area (Å²) in [6.45, 7) is 4.17. The van der Waals surface area contributed by atoms with E-state index in [0.29, 0.717) is 0 Å². The number of thiophene rings is 2. The summed E-state index contributed by atoms with van der Waals surface area (Å²) in [4.78, 5) is 12.9. The van der Waals surface area contributed by atoms with Crippen molar-refractivity contribution in [1.29, 1.82) is 0 Å². The molecule has 20 heavy (non-hydrogen) atoms. The third-order valence-corrected chi connectivity index (χ3v) is 6.83. The summed E-state index contributed by atoms with van der Waals surface area (Å²) in [5.41, 5.74) is 1.13. The summed E-state index contributed by atoms with van der Waals surface area (Å²) in [5, 5.41) is 8.80. The third kappa shape index (κ3) is 3.26. The molecular weight excluding hydrogens is 318 g/mol. The van der Waals surface area contributed by atoms with Gasteiger partial charge in [0.15, 0.2) is 0 Å². The highest BCUT2D eigenvalue weighted by molar-refractivity contribution is 7.91. The molecule has 0 radical (unpaired) electrons. The van der Waals surface area contributed by atoms with Gasteiger partial charge in [0, 0.05) is 16.3 Å². The van der Waals surface area contributed by atoms with Crippen LogP contribution in [0.15, 0.2) is 22.4 Å². The summed E-state index contributed by atoms with van der Waals surface area (Å²) >= 11 is 2.29. The van der Waals surface area contributed by atoms with E-state index in [4.69, 9.17) is 5.11 Å². The van der Waals surface area contributed by atoms with Gasteiger partial charge in [0.25, 0.3) is 0 Å². The molecule has 2 aromatic heterocycles. The molecule has 2 rings (SSSR count). The fourth-order valence-corrected chi connectivity index (χ4v) is 4.83. The average Bonchev–Trinajstić information content (AvgIpc) is 2.96. The van der Waals surface area contributed by atoms with Crippen molar-refractivity contribution in [2.45, 2.75) is 24.6 Å². The van der Waals surface area contributed by atoms with E-state index in [1.165, 1.54) is 12.1 Å². The van der Waals surface area contributed by atoms with Gasteiger partial charge in [-0.1, -0.05) is 0 Å². The lowest BCUT2D eigenvalue weighted by atomic mass is 10.3. The van der Waals surface area contributed by atoms with Gasteiger partial charge in [0.1, 0.15) is 9.09 Å². The van der Waals surface area contributed by atoms with Gasteiger partial charge in [-0.3, -0.25) is 0 Å². The van der Waals surface area contributed by atoms with Gasteiger partial charge < -0.3 is 5.11 Å². The average molecular weight is 331 g/mol. The molecule has 0 unspecified atom stereocenters. The predicted octanol–water partition coefficient (Wildman–Crippen LogP) is 2.60. The number of nitrogens with one attached hydrogen (secondary N) is 1. The normalized spacial score (nSPS) is 11.7. The molecule has 0 atom stereocenters. The van der Waals surface area contributed by atoms with Crippen molar-refractivity contribution in [2.75, 3.05) is 0 Å². The fraction of sp³-hybridized carbons (Fsp3) is 0.250. The van der Waals surface area contributed by atoms with Crippen molar-refractivity contribution in [3.05, 3.63) is 38.4 Å². The van der Waals surface area contributed by atoms with E-state index in [1.54, 1.807) is 11.3 Å². The number of sulfonamides is 1. The van der Waals surface area contributed by atoms with Gasteiger partial charge in [-0.15, -0.1) is 22.7 Å². The third-order valence-electron chi connectivity index (χ3n) is 2.71. The number of carboxylic acid groups (broad SMARTS) is 1. The van der Waals surface area contributed by atoms with E-state index in [2.05, 4.69) is 4.72 Å². The van der Waals surface area contributed by atoms with Crippen LogP contribution >= 0.6 is 22.7 Å². The van der Waals surface area contributed by atoms with E-state index in [-0.39, 0.29) is 15.6 Å². The maximum atomic E-state index is 12.0. The van der Waals surface area contributed by atoms with Gasteiger partial charge in [-0.2, -0.15) is 0 Å². The van der Waals surface area contributed by atoms with E-state index in [0.717, 1.165) is 26.7 Å². The summed E-state index contributed by atoms with van der Waals surface area (Å²) in [7, 11) is -3.66. The second-order valence-electron chi connectivity index (χ2n) is 4.20. The molecular formula is C12H13NO4S3. The Hall–Kier alpha value is -1.22. The molecule has 0 aromatic carbocycles. The van der Waals surface area contributed by atoms with E-state index < -0.39 is 16.0 Å². The lowest BCUT2D eigenvalue weighted by Gasteiger charge is -2.02. The van der Waals surface area contributed by atoms with Crippen LogP contribution in [0.4, 0.5) is 0 Å². The SMILES string of the molecule is Cc1cc(CNS(=O)(=O)c2ccc(C(=O)O)s2)sc1C. The second-order valence-corrected chi connectivity index (χ2v) is 8.62. The van der Waals surface area contributed by atoms with Crippen molar-refractivity contribution in [3.63, 3.8) is 0 Å². The Morgan fingerprint density at radius 2 is 2.00 bits per heavy atom. The zero-order valence-electron chi connectivity index (χ0n) is 10.8. The summed E-state index contributed by atoms with van der Waals surface area (Å²) in [6.07, 6.45) is 0. The minimum atomic E-state index is -3.66. The predicted molar refractivity (Wildman–Crippen MR) is 79.1 cm³/mol. The van der Waals surface area contributed by atoms with Crippen LogP contribution in [0.1, 0.15) is 25.0 Å². The monoisotopic (exact) mass is 331 g/mol.